The van der Waals surface area contributed by atoms with Crippen LogP contribution in [0.5, 0.6) is 5.75 Å². The molecular weight excluding hydrogens is 297 g/mol. The normalized spacial score (nSPS) is 10.2. The minimum absolute atomic E-state index is 0.0735. The second-order valence-electron chi connectivity index (χ2n) is 4.27. The highest BCUT2D eigenvalue weighted by Crippen LogP contribution is 2.23. The summed E-state index contributed by atoms with van der Waals surface area (Å²) < 4.78 is 23.2. The fraction of sp³-hybridized carbons (Fsp3) is 0.133. The molecule has 0 amide bonds. The van der Waals surface area contributed by atoms with Gasteiger partial charge in [0.1, 0.15) is 23.7 Å². The van der Waals surface area contributed by atoms with Gasteiger partial charge in [0.15, 0.2) is 0 Å². The Morgan fingerprint density at radius 2 is 2.05 bits per heavy atom. The number of carbonyl (C=O) groups is 1. The smallest absolute Gasteiger partial charge is 0.342 e. The Bertz CT molecular complexity index is 676. The van der Waals surface area contributed by atoms with Crippen LogP contribution in [-0.4, -0.2) is 13.1 Å². The largest absolute Gasteiger partial charge is 0.496 e. The molecule has 4 nitrogen and oxygen atoms in total. The Hall–Kier alpha value is -2.27. The van der Waals surface area contributed by atoms with Crippen molar-refractivity contribution in [2.24, 2.45) is 0 Å². The number of nitrogen functional groups attached to an aromatic ring is 1. The summed E-state index contributed by atoms with van der Waals surface area (Å²) in [6.07, 6.45) is 0. The molecule has 0 saturated carbocycles. The minimum atomic E-state index is -0.598. The number of halogens is 2. The summed E-state index contributed by atoms with van der Waals surface area (Å²) in [4.78, 5) is 12.1. The van der Waals surface area contributed by atoms with E-state index in [0.717, 1.165) is 6.07 Å². The van der Waals surface area contributed by atoms with E-state index in [9.17, 15) is 9.18 Å². The van der Waals surface area contributed by atoms with E-state index in [4.69, 9.17) is 26.8 Å². The van der Waals surface area contributed by atoms with Crippen molar-refractivity contribution in [3.63, 3.8) is 0 Å². The van der Waals surface area contributed by atoms with Gasteiger partial charge in [-0.3, -0.25) is 0 Å². The van der Waals surface area contributed by atoms with Crippen molar-refractivity contribution < 1.29 is 18.7 Å². The molecular formula is C15H13ClFNO3. The second-order valence-corrected chi connectivity index (χ2v) is 4.68. The average Bonchev–Trinajstić information content (AvgIpc) is 2.46. The molecule has 0 fully saturated rings. The number of carbonyl (C=O) groups excluding carboxylic acids is 1. The molecule has 0 aliphatic heterocycles. The van der Waals surface area contributed by atoms with E-state index in [1.165, 1.54) is 25.3 Å². The lowest BCUT2D eigenvalue weighted by molar-refractivity contribution is 0.0469. The van der Waals surface area contributed by atoms with E-state index in [2.05, 4.69) is 0 Å². The first-order valence-electron chi connectivity index (χ1n) is 6.06. The molecule has 0 radical (unpaired) electrons. The molecule has 0 heterocycles. The topological polar surface area (TPSA) is 61.5 Å². The van der Waals surface area contributed by atoms with Gasteiger partial charge in [-0.05, 0) is 30.3 Å². The van der Waals surface area contributed by atoms with Gasteiger partial charge in [0.2, 0.25) is 0 Å². The minimum Gasteiger partial charge on any atom is -0.496 e. The van der Waals surface area contributed by atoms with Crippen LogP contribution in [0.2, 0.25) is 5.02 Å². The lowest BCUT2D eigenvalue weighted by atomic mass is 10.2. The quantitative estimate of drug-likeness (QED) is 0.694. The summed E-state index contributed by atoms with van der Waals surface area (Å²) in [6, 6.07) is 8.53. The maximum Gasteiger partial charge on any atom is 0.342 e. The van der Waals surface area contributed by atoms with Crippen LogP contribution in [0.4, 0.5) is 10.1 Å². The fourth-order valence-corrected chi connectivity index (χ4v) is 1.97. The number of rotatable bonds is 4. The van der Waals surface area contributed by atoms with Crippen molar-refractivity contribution in [1.82, 2.24) is 0 Å². The van der Waals surface area contributed by atoms with Crippen LogP contribution in [0.25, 0.3) is 0 Å². The molecule has 0 spiro atoms. The summed E-state index contributed by atoms with van der Waals surface area (Å²) in [7, 11) is 1.44. The number of methoxy groups -OCH3 is 1. The van der Waals surface area contributed by atoms with Gasteiger partial charge in [-0.2, -0.15) is 0 Å². The maximum atomic E-state index is 12.9. The molecule has 0 aliphatic carbocycles. The number of nitrogens with two attached hydrogens (primary N) is 1. The highest BCUT2D eigenvalue weighted by Gasteiger charge is 2.15. The van der Waals surface area contributed by atoms with Crippen LogP contribution in [0.3, 0.4) is 0 Å². The van der Waals surface area contributed by atoms with Crippen molar-refractivity contribution in [3.05, 3.63) is 58.4 Å². The fourth-order valence-electron chi connectivity index (χ4n) is 1.74. The van der Waals surface area contributed by atoms with Crippen LogP contribution in [0, 0.1) is 5.82 Å². The van der Waals surface area contributed by atoms with Gasteiger partial charge in [-0.25, -0.2) is 9.18 Å². The molecule has 21 heavy (non-hydrogen) atoms. The first-order valence-corrected chi connectivity index (χ1v) is 6.43. The lowest BCUT2D eigenvalue weighted by Gasteiger charge is -2.10. The van der Waals surface area contributed by atoms with Gasteiger partial charge in [0.25, 0.3) is 0 Å². The van der Waals surface area contributed by atoms with Gasteiger partial charge < -0.3 is 15.2 Å². The van der Waals surface area contributed by atoms with Gasteiger partial charge in [0.05, 0.1) is 12.1 Å². The lowest BCUT2D eigenvalue weighted by Crippen LogP contribution is -2.08. The van der Waals surface area contributed by atoms with Crippen molar-refractivity contribution in [3.8, 4) is 5.75 Å². The van der Waals surface area contributed by atoms with Crippen LogP contribution in [0.1, 0.15) is 15.9 Å². The zero-order valence-corrected chi connectivity index (χ0v) is 12.0. The molecule has 2 aromatic carbocycles. The first kappa shape index (κ1) is 15.1. The molecule has 0 atom stereocenters. The molecule has 0 unspecified atom stereocenters. The molecule has 0 aliphatic rings. The Labute approximate surface area is 126 Å². The van der Waals surface area contributed by atoms with E-state index >= 15 is 0 Å². The summed E-state index contributed by atoms with van der Waals surface area (Å²) >= 11 is 5.87. The standard InChI is InChI=1S/C15H13ClFNO3/c1-20-14-5-4-11(18)7-12(14)15(19)21-8-9-2-3-10(17)6-13(9)16/h2-7H,8,18H2,1H3. The molecule has 2 aromatic rings. The van der Waals surface area contributed by atoms with Crippen molar-refractivity contribution >= 4 is 23.3 Å². The second kappa shape index (κ2) is 6.45. The SMILES string of the molecule is COc1ccc(N)cc1C(=O)OCc1ccc(F)cc1Cl. The predicted octanol–water partition coefficient (Wildman–Crippen LogP) is 3.43. The summed E-state index contributed by atoms with van der Waals surface area (Å²) in [5, 5.41) is 0.197. The highest BCUT2D eigenvalue weighted by molar-refractivity contribution is 6.31. The Morgan fingerprint density at radius 1 is 1.29 bits per heavy atom. The van der Waals surface area contributed by atoms with Gasteiger partial charge in [-0.15, -0.1) is 0 Å². The first-order chi connectivity index (χ1) is 10.0. The molecule has 0 bridgehead atoms. The van der Waals surface area contributed by atoms with Crippen molar-refractivity contribution in [2.45, 2.75) is 6.61 Å². The Kier molecular flexibility index (Phi) is 4.65. The number of ether oxygens (including phenoxy) is 2. The van der Waals surface area contributed by atoms with E-state index < -0.39 is 11.8 Å². The highest BCUT2D eigenvalue weighted by atomic mass is 35.5. The number of hydrogen-bond donors (Lipinski definition) is 1. The van der Waals surface area contributed by atoms with E-state index in [0.29, 0.717) is 17.0 Å². The molecule has 6 heteroatoms. The molecule has 0 aromatic heterocycles. The maximum absolute atomic E-state index is 12.9. The van der Waals surface area contributed by atoms with Crippen LogP contribution >= 0.6 is 11.6 Å². The monoisotopic (exact) mass is 309 g/mol. The van der Waals surface area contributed by atoms with Crippen LogP contribution < -0.4 is 10.5 Å². The van der Waals surface area contributed by atoms with Crippen molar-refractivity contribution in [2.75, 3.05) is 12.8 Å². The number of anilines is 1. The van der Waals surface area contributed by atoms with Gasteiger partial charge in [-0.1, -0.05) is 17.7 Å². The molecule has 2 rings (SSSR count). The van der Waals surface area contributed by atoms with E-state index in [1.54, 1.807) is 12.1 Å². The summed E-state index contributed by atoms with van der Waals surface area (Å²) in [5.41, 5.74) is 6.79. The zero-order valence-electron chi connectivity index (χ0n) is 11.2. The molecule has 110 valence electrons. The zero-order chi connectivity index (χ0) is 15.4. The number of benzene rings is 2. The van der Waals surface area contributed by atoms with Crippen LogP contribution in [-0.2, 0) is 11.3 Å². The summed E-state index contributed by atoms with van der Waals surface area (Å²) in [5.74, 6) is -0.688. The third-order valence-electron chi connectivity index (χ3n) is 2.82. The molecule has 2 N–H and O–H groups in total. The van der Waals surface area contributed by atoms with Gasteiger partial charge >= 0.3 is 5.97 Å². The Balaban J connectivity index is 2.13. The number of esters is 1. The third-order valence-corrected chi connectivity index (χ3v) is 3.17. The van der Waals surface area contributed by atoms with E-state index in [1.807, 2.05) is 0 Å². The average molecular weight is 310 g/mol. The van der Waals surface area contributed by atoms with E-state index in [-0.39, 0.29) is 17.2 Å². The van der Waals surface area contributed by atoms with Crippen LogP contribution in [0.15, 0.2) is 36.4 Å². The number of hydrogen-bond acceptors (Lipinski definition) is 4. The van der Waals surface area contributed by atoms with Gasteiger partial charge in [0, 0.05) is 11.3 Å². The van der Waals surface area contributed by atoms with Crippen molar-refractivity contribution in [1.29, 1.82) is 0 Å². The predicted molar refractivity (Wildman–Crippen MR) is 77.9 cm³/mol. The third kappa shape index (κ3) is 3.64. The molecule has 0 saturated heterocycles. The Morgan fingerprint density at radius 3 is 2.71 bits per heavy atom. The summed E-state index contributed by atoms with van der Waals surface area (Å²) in [6.45, 7) is -0.0735.